The van der Waals surface area contributed by atoms with E-state index in [9.17, 15) is 0 Å². The van der Waals surface area contributed by atoms with Gasteiger partial charge in [0.05, 0.1) is 18.4 Å². The number of hydrazone groups is 1. The summed E-state index contributed by atoms with van der Waals surface area (Å²) in [4.78, 5) is 0. The molecule has 0 fully saturated rings. The largest absolute Gasteiger partial charge is 0.494 e. The van der Waals surface area contributed by atoms with Crippen LogP contribution in [0.5, 0.6) is 11.5 Å². The minimum Gasteiger partial charge on any atom is -0.494 e. The zero-order valence-corrected chi connectivity index (χ0v) is 18.4. The number of rotatable bonds is 5. The van der Waals surface area contributed by atoms with Crippen molar-refractivity contribution in [3.8, 4) is 11.5 Å². The van der Waals surface area contributed by atoms with E-state index < -0.39 is 0 Å². The van der Waals surface area contributed by atoms with Crippen molar-refractivity contribution >= 4 is 21.6 Å². The molecule has 3 aromatic rings. The van der Waals surface area contributed by atoms with Gasteiger partial charge in [0.1, 0.15) is 11.5 Å². The maximum absolute atomic E-state index is 6.45. The van der Waals surface area contributed by atoms with Crippen LogP contribution < -0.4 is 9.47 Å². The first kappa shape index (κ1) is 19.2. The predicted octanol–water partition coefficient (Wildman–Crippen LogP) is 6.48. The summed E-state index contributed by atoms with van der Waals surface area (Å²) in [5.41, 5.74) is 4.48. The molecular weight excluding hydrogens is 440 g/mol. The molecule has 3 aromatic carbocycles. The molecule has 5 heteroatoms. The first-order valence-corrected chi connectivity index (χ1v) is 11.1. The minimum atomic E-state index is -0.273. The lowest BCUT2D eigenvalue weighted by molar-refractivity contribution is -0.0191. The van der Waals surface area contributed by atoms with E-state index >= 15 is 0 Å². The van der Waals surface area contributed by atoms with Crippen molar-refractivity contribution in [3.05, 3.63) is 94.0 Å². The zero-order valence-electron chi connectivity index (χ0n) is 16.8. The molecule has 0 radical (unpaired) electrons. The summed E-state index contributed by atoms with van der Waals surface area (Å²) >= 11 is 3.61. The highest BCUT2D eigenvalue weighted by atomic mass is 79.9. The minimum absolute atomic E-state index is 0.141. The highest BCUT2D eigenvalue weighted by Gasteiger charge is 2.41. The Morgan fingerprint density at radius 3 is 2.63 bits per heavy atom. The Morgan fingerprint density at radius 1 is 1.07 bits per heavy atom. The van der Waals surface area contributed by atoms with Gasteiger partial charge in [-0.15, -0.1) is 0 Å². The van der Waals surface area contributed by atoms with E-state index in [-0.39, 0.29) is 12.3 Å². The standard InChI is InChI=1S/C25H23BrN2O2/c1-2-14-29-20-11-8-18(9-12-20)25-28-23(21-15-19(26)10-13-24(21)30-25)16-22(27-28)17-6-4-3-5-7-17/h3-13,15,23,25H,2,14,16H2,1H3/t23-,25+/m0/s1. The molecule has 0 spiro atoms. The lowest BCUT2D eigenvalue weighted by Gasteiger charge is -2.38. The van der Waals surface area contributed by atoms with E-state index in [1.54, 1.807) is 0 Å². The first-order valence-electron chi connectivity index (χ1n) is 10.3. The Morgan fingerprint density at radius 2 is 1.87 bits per heavy atom. The number of ether oxygens (including phenoxy) is 2. The maximum atomic E-state index is 6.45. The third-order valence-electron chi connectivity index (χ3n) is 5.50. The van der Waals surface area contributed by atoms with Gasteiger partial charge >= 0.3 is 0 Å². The highest BCUT2D eigenvalue weighted by molar-refractivity contribution is 9.10. The summed E-state index contributed by atoms with van der Waals surface area (Å²) in [7, 11) is 0. The topological polar surface area (TPSA) is 34.1 Å². The monoisotopic (exact) mass is 462 g/mol. The van der Waals surface area contributed by atoms with E-state index in [1.165, 1.54) is 5.56 Å². The van der Waals surface area contributed by atoms with Gasteiger partial charge in [0, 0.05) is 22.0 Å². The van der Waals surface area contributed by atoms with Gasteiger partial charge in [0.2, 0.25) is 6.23 Å². The fourth-order valence-corrected chi connectivity index (χ4v) is 4.41. The number of hydrogen-bond donors (Lipinski definition) is 0. The summed E-state index contributed by atoms with van der Waals surface area (Å²) in [5, 5.41) is 7.13. The fraction of sp³-hybridized carbons (Fsp3) is 0.240. The Bertz CT molecular complexity index is 1070. The number of fused-ring (bicyclic) bond motifs is 3. The van der Waals surface area contributed by atoms with Crippen LogP contribution in [0.15, 0.2) is 82.4 Å². The summed E-state index contributed by atoms with van der Waals surface area (Å²) in [6, 6.07) is 24.9. The maximum Gasteiger partial charge on any atom is 0.213 e. The molecule has 2 aliphatic heterocycles. The Balaban J connectivity index is 1.52. The van der Waals surface area contributed by atoms with Crippen molar-refractivity contribution in [1.29, 1.82) is 0 Å². The number of benzene rings is 3. The van der Waals surface area contributed by atoms with Gasteiger partial charge < -0.3 is 9.47 Å². The molecule has 0 bridgehead atoms. The van der Waals surface area contributed by atoms with Crippen molar-refractivity contribution < 1.29 is 9.47 Å². The van der Waals surface area contributed by atoms with Crippen molar-refractivity contribution in [1.82, 2.24) is 5.01 Å². The lowest BCUT2D eigenvalue weighted by Crippen LogP contribution is -2.33. The van der Waals surface area contributed by atoms with Gasteiger partial charge in [-0.05, 0) is 54.4 Å². The summed E-state index contributed by atoms with van der Waals surface area (Å²) < 4.78 is 13.2. The molecule has 0 saturated heterocycles. The molecule has 2 aliphatic rings. The SMILES string of the molecule is CCCOc1ccc([C@H]2Oc3ccc(Br)cc3[C@@H]3CC(c4ccccc4)=NN23)cc1. The van der Waals surface area contributed by atoms with Crippen LogP contribution >= 0.6 is 15.9 Å². The fourth-order valence-electron chi connectivity index (χ4n) is 4.03. The smallest absolute Gasteiger partial charge is 0.213 e. The van der Waals surface area contributed by atoms with Gasteiger partial charge in [-0.25, -0.2) is 5.01 Å². The molecule has 0 N–H and O–H groups in total. The van der Waals surface area contributed by atoms with Crippen LogP contribution in [-0.4, -0.2) is 17.3 Å². The van der Waals surface area contributed by atoms with Crippen LogP contribution in [-0.2, 0) is 0 Å². The number of halogens is 1. The zero-order chi connectivity index (χ0) is 20.5. The van der Waals surface area contributed by atoms with E-state index in [0.29, 0.717) is 0 Å². The van der Waals surface area contributed by atoms with Crippen molar-refractivity contribution in [2.24, 2.45) is 5.10 Å². The first-order chi connectivity index (χ1) is 14.7. The van der Waals surface area contributed by atoms with Crippen molar-refractivity contribution in [3.63, 3.8) is 0 Å². The van der Waals surface area contributed by atoms with Crippen LogP contribution in [0, 0.1) is 0 Å². The Kier molecular flexibility index (Phi) is 5.21. The lowest BCUT2D eigenvalue weighted by atomic mass is 9.96. The van der Waals surface area contributed by atoms with Gasteiger partial charge in [0.25, 0.3) is 0 Å². The quantitative estimate of drug-likeness (QED) is 0.434. The van der Waals surface area contributed by atoms with E-state index in [2.05, 4.69) is 70.3 Å². The molecule has 2 atom stereocenters. The van der Waals surface area contributed by atoms with Crippen molar-refractivity contribution in [2.45, 2.75) is 32.0 Å². The second-order valence-electron chi connectivity index (χ2n) is 7.58. The predicted molar refractivity (Wildman–Crippen MR) is 122 cm³/mol. The second kappa shape index (κ2) is 8.15. The van der Waals surface area contributed by atoms with Crippen LogP contribution in [0.25, 0.3) is 0 Å². The van der Waals surface area contributed by atoms with Gasteiger partial charge in [0.15, 0.2) is 0 Å². The Labute approximate surface area is 185 Å². The number of nitrogens with zero attached hydrogens (tertiary/aromatic N) is 2. The van der Waals surface area contributed by atoms with Crippen LogP contribution in [0.1, 0.15) is 48.7 Å². The third-order valence-corrected chi connectivity index (χ3v) is 5.99. The highest BCUT2D eigenvalue weighted by Crippen LogP contribution is 2.48. The normalized spacial score (nSPS) is 19.5. The molecule has 0 aliphatic carbocycles. The average Bonchev–Trinajstić information content (AvgIpc) is 3.24. The number of hydrogen-bond acceptors (Lipinski definition) is 4. The summed E-state index contributed by atoms with van der Waals surface area (Å²) in [6.07, 6.45) is 1.57. The third kappa shape index (κ3) is 3.58. The molecule has 4 nitrogen and oxygen atoms in total. The van der Waals surface area contributed by atoms with E-state index in [1.807, 2.05) is 30.3 Å². The van der Waals surface area contributed by atoms with Crippen LogP contribution in [0.2, 0.25) is 0 Å². The molecule has 0 saturated carbocycles. The molecule has 0 amide bonds. The summed E-state index contributed by atoms with van der Waals surface area (Å²) in [5.74, 6) is 1.80. The molecule has 0 unspecified atom stereocenters. The van der Waals surface area contributed by atoms with Crippen LogP contribution in [0.3, 0.4) is 0 Å². The average molecular weight is 463 g/mol. The second-order valence-corrected chi connectivity index (χ2v) is 8.50. The molecule has 2 heterocycles. The molecular formula is C25H23BrN2O2. The van der Waals surface area contributed by atoms with Crippen LogP contribution in [0.4, 0.5) is 0 Å². The van der Waals surface area contributed by atoms with E-state index in [0.717, 1.165) is 52.3 Å². The van der Waals surface area contributed by atoms with Gasteiger partial charge in [-0.1, -0.05) is 53.2 Å². The molecule has 0 aromatic heterocycles. The van der Waals surface area contributed by atoms with Gasteiger partial charge in [-0.2, -0.15) is 5.10 Å². The van der Waals surface area contributed by atoms with E-state index in [4.69, 9.17) is 14.6 Å². The summed E-state index contributed by atoms with van der Waals surface area (Å²) in [6.45, 7) is 2.83. The Hall–Kier alpha value is -2.79. The molecule has 30 heavy (non-hydrogen) atoms. The molecule has 5 rings (SSSR count). The van der Waals surface area contributed by atoms with Crippen molar-refractivity contribution in [2.75, 3.05) is 6.61 Å². The van der Waals surface area contributed by atoms with Gasteiger partial charge in [-0.3, -0.25) is 0 Å². The molecule has 152 valence electrons.